The third-order valence-corrected chi connectivity index (χ3v) is 5.45. The van der Waals surface area contributed by atoms with Gasteiger partial charge in [-0.2, -0.15) is 0 Å². The molecule has 0 aliphatic carbocycles. The summed E-state index contributed by atoms with van der Waals surface area (Å²) in [5.41, 5.74) is 9.66. The van der Waals surface area contributed by atoms with Crippen molar-refractivity contribution in [1.82, 2.24) is 10.4 Å². The Balaban J connectivity index is 2.05. The van der Waals surface area contributed by atoms with Gasteiger partial charge in [0.2, 0.25) is 0 Å². The Morgan fingerprint density at radius 3 is 2.58 bits per heavy atom. The number of aryl methyl sites for hydroxylation is 1. The molecule has 4 heteroatoms. The average Bonchev–Trinajstić information content (AvgIpc) is 2.87. The third kappa shape index (κ3) is 3.57. The fourth-order valence-electron chi connectivity index (χ4n) is 2.86. The predicted octanol–water partition coefficient (Wildman–Crippen LogP) is 3.08. The number of hydrogen-bond donors (Lipinski definition) is 2. The highest BCUT2D eigenvalue weighted by molar-refractivity contribution is 7.12. The summed E-state index contributed by atoms with van der Waals surface area (Å²) >= 11 is 1.89. The van der Waals surface area contributed by atoms with Crippen molar-refractivity contribution >= 4 is 11.3 Å². The number of hydrogen-bond acceptors (Lipinski definition) is 4. The van der Waals surface area contributed by atoms with Gasteiger partial charge in [0.05, 0.1) is 6.04 Å². The first kappa shape index (κ1) is 15.0. The van der Waals surface area contributed by atoms with Crippen molar-refractivity contribution in [3.63, 3.8) is 0 Å². The Morgan fingerprint density at radius 1 is 1.37 bits per heavy atom. The summed E-state index contributed by atoms with van der Waals surface area (Å²) in [4.78, 5) is 2.80. The van der Waals surface area contributed by atoms with Gasteiger partial charge in [0.1, 0.15) is 0 Å². The molecule has 3 unspecified atom stereocenters. The van der Waals surface area contributed by atoms with E-state index in [4.69, 9.17) is 5.73 Å². The van der Waals surface area contributed by atoms with Crippen molar-refractivity contribution in [3.05, 3.63) is 21.9 Å². The Morgan fingerprint density at radius 2 is 2.05 bits per heavy atom. The molecule has 0 bridgehead atoms. The standard InChI is InChI=1S/C15H27N3S/c1-4-13-8-9-15(19-13)14(10-16)17-18-11(2)6-5-7-12(18)3/h8-9,11-12,14,17H,4-7,10,16H2,1-3H3. The summed E-state index contributed by atoms with van der Waals surface area (Å²) < 4.78 is 0. The average molecular weight is 281 g/mol. The Kier molecular flexibility index (Phi) is 5.39. The van der Waals surface area contributed by atoms with Crippen LogP contribution in [0.3, 0.4) is 0 Å². The number of rotatable bonds is 5. The van der Waals surface area contributed by atoms with E-state index in [9.17, 15) is 0 Å². The molecule has 19 heavy (non-hydrogen) atoms. The van der Waals surface area contributed by atoms with E-state index in [2.05, 4.69) is 43.3 Å². The Labute approximate surface area is 121 Å². The lowest BCUT2D eigenvalue weighted by Gasteiger charge is -2.41. The smallest absolute Gasteiger partial charge is 0.0680 e. The molecule has 2 rings (SSSR count). The molecule has 0 spiro atoms. The zero-order chi connectivity index (χ0) is 13.8. The maximum atomic E-state index is 5.98. The van der Waals surface area contributed by atoms with Gasteiger partial charge >= 0.3 is 0 Å². The lowest BCUT2D eigenvalue weighted by Crippen LogP contribution is -2.54. The highest BCUT2D eigenvalue weighted by Crippen LogP contribution is 2.26. The molecule has 1 fully saturated rings. The highest BCUT2D eigenvalue weighted by atomic mass is 32.1. The predicted molar refractivity (Wildman–Crippen MR) is 83.2 cm³/mol. The first-order valence-corrected chi connectivity index (χ1v) is 8.30. The molecule has 0 radical (unpaired) electrons. The van der Waals surface area contributed by atoms with Gasteiger partial charge in [-0.3, -0.25) is 0 Å². The summed E-state index contributed by atoms with van der Waals surface area (Å²) in [6.07, 6.45) is 5.00. The molecule has 108 valence electrons. The van der Waals surface area contributed by atoms with Crippen LogP contribution in [0.25, 0.3) is 0 Å². The number of nitrogens with zero attached hydrogens (tertiary/aromatic N) is 1. The molecule has 3 N–H and O–H groups in total. The van der Waals surface area contributed by atoms with E-state index in [1.54, 1.807) is 0 Å². The van der Waals surface area contributed by atoms with Crippen molar-refractivity contribution in [3.8, 4) is 0 Å². The van der Waals surface area contributed by atoms with Crippen LogP contribution >= 0.6 is 11.3 Å². The molecule has 1 aliphatic heterocycles. The second-order valence-electron chi connectivity index (χ2n) is 5.61. The number of nitrogens with two attached hydrogens (primary N) is 1. The first-order chi connectivity index (χ1) is 9.15. The van der Waals surface area contributed by atoms with Gasteiger partial charge in [-0.25, -0.2) is 10.4 Å². The Bertz CT molecular complexity index is 380. The third-order valence-electron chi connectivity index (χ3n) is 4.11. The zero-order valence-corrected chi connectivity index (χ0v) is 13.2. The van der Waals surface area contributed by atoms with Crippen molar-refractivity contribution in [2.45, 2.75) is 64.6 Å². The quantitative estimate of drug-likeness (QED) is 0.871. The van der Waals surface area contributed by atoms with Crippen molar-refractivity contribution < 1.29 is 0 Å². The van der Waals surface area contributed by atoms with Crippen LogP contribution in [0.5, 0.6) is 0 Å². The van der Waals surface area contributed by atoms with Gasteiger partial charge in [0.25, 0.3) is 0 Å². The number of nitrogens with one attached hydrogen (secondary N) is 1. The molecule has 1 aromatic heterocycles. The van der Waals surface area contributed by atoms with Crippen LogP contribution in [0.1, 0.15) is 55.8 Å². The highest BCUT2D eigenvalue weighted by Gasteiger charge is 2.27. The minimum absolute atomic E-state index is 0.258. The minimum Gasteiger partial charge on any atom is -0.329 e. The topological polar surface area (TPSA) is 41.3 Å². The lowest BCUT2D eigenvalue weighted by molar-refractivity contribution is 0.0310. The van der Waals surface area contributed by atoms with E-state index in [0.29, 0.717) is 18.6 Å². The van der Waals surface area contributed by atoms with Gasteiger partial charge in [-0.15, -0.1) is 11.3 Å². The van der Waals surface area contributed by atoms with Crippen molar-refractivity contribution in [1.29, 1.82) is 0 Å². The molecule has 1 saturated heterocycles. The van der Waals surface area contributed by atoms with Crippen LogP contribution in [0.15, 0.2) is 12.1 Å². The second-order valence-corrected chi connectivity index (χ2v) is 6.81. The summed E-state index contributed by atoms with van der Waals surface area (Å²) in [5.74, 6) is 0. The summed E-state index contributed by atoms with van der Waals surface area (Å²) in [6.45, 7) is 7.47. The molecule has 0 aromatic carbocycles. The molecule has 3 atom stereocenters. The largest absolute Gasteiger partial charge is 0.329 e. The Hall–Kier alpha value is -0.420. The fraction of sp³-hybridized carbons (Fsp3) is 0.733. The van der Waals surface area contributed by atoms with E-state index in [1.165, 1.54) is 29.0 Å². The van der Waals surface area contributed by atoms with Gasteiger partial charge in [-0.1, -0.05) is 13.3 Å². The van der Waals surface area contributed by atoms with E-state index in [0.717, 1.165) is 6.42 Å². The molecule has 2 heterocycles. The summed E-state index contributed by atoms with van der Waals surface area (Å²) in [5, 5.41) is 2.42. The van der Waals surface area contributed by atoms with Crippen molar-refractivity contribution in [2.75, 3.05) is 6.54 Å². The first-order valence-electron chi connectivity index (χ1n) is 7.48. The molecule has 0 amide bonds. The van der Waals surface area contributed by atoms with E-state index in [-0.39, 0.29) is 6.04 Å². The van der Waals surface area contributed by atoms with Crippen LogP contribution in [-0.4, -0.2) is 23.6 Å². The SMILES string of the molecule is CCc1ccc(C(CN)NN2C(C)CCCC2C)s1. The summed E-state index contributed by atoms with van der Waals surface area (Å²) in [6, 6.07) is 5.92. The summed E-state index contributed by atoms with van der Waals surface area (Å²) in [7, 11) is 0. The van der Waals surface area contributed by atoms with E-state index in [1.807, 2.05) is 11.3 Å². The van der Waals surface area contributed by atoms with Gasteiger partial charge < -0.3 is 5.73 Å². The van der Waals surface area contributed by atoms with Crippen LogP contribution in [0.2, 0.25) is 0 Å². The van der Waals surface area contributed by atoms with Crippen LogP contribution < -0.4 is 11.2 Å². The minimum atomic E-state index is 0.258. The molecular formula is C15H27N3S. The van der Waals surface area contributed by atoms with Gasteiger partial charge in [-0.05, 0) is 45.2 Å². The number of hydrazine groups is 1. The van der Waals surface area contributed by atoms with Gasteiger partial charge in [0.15, 0.2) is 0 Å². The molecule has 0 saturated carbocycles. The lowest BCUT2D eigenvalue weighted by atomic mass is 9.99. The normalized spacial score (nSPS) is 26.5. The zero-order valence-electron chi connectivity index (χ0n) is 12.4. The molecular weight excluding hydrogens is 254 g/mol. The molecule has 1 aromatic rings. The molecule has 1 aliphatic rings. The number of piperidine rings is 1. The van der Waals surface area contributed by atoms with Gasteiger partial charge in [0, 0.05) is 28.4 Å². The van der Waals surface area contributed by atoms with Crippen LogP contribution in [-0.2, 0) is 6.42 Å². The van der Waals surface area contributed by atoms with E-state index < -0.39 is 0 Å². The maximum Gasteiger partial charge on any atom is 0.0680 e. The van der Waals surface area contributed by atoms with Crippen LogP contribution in [0.4, 0.5) is 0 Å². The van der Waals surface area contributed by atoms with Crippen LogP contribution in [0, 0.1) is 0 Å². The van der Waals surface area contributed by atoms with E-state index >= 15 is 0 Å². The fourth-order valence-corrected chi connectivity index (χ4v) is 3.87. The monoisotopic (exact) mass is 281 g/mol. The maximum absolute atomic E-state index is 5.98. The molecule has 3 nitrogen and oxygen atoms in total. The second kappa shape index (κ2) is 6.84. The van der Waals surface area contributed by atoms with Crippen molar-refractivity contribution in [2.24, 2.45) is 5.73 Å². The number of thiophene rings is 1.